The van der Waals surface area contributed by atoms with E-state index in [1.54, 1.807) is 19.1 Å². The number of ketones is 1. The second kappa shape index (κ2) is 7.47. The number of aromatic nitrogens is 1. The Bertz CT molecular complexity index is 879. The molecule has 26 heavy (non-hydrogen) atoms. The second-order valence-corrected chi connectivity index (χ2v) is 5.98. The molecule has 6 heteroatoms. The van der Waals surface area contributed by atoms with Gasteiger partial charge in [-0.05, 0) is 39.0 Å². The molecular weight excluding hydrogens is 334 g/mol. The molecule has 0 fully saturated rings. The van der Waals surface area contributed by atoms with Crippen LogP contribution in [0, 0.1) is 13.8 Å². The van der Waals surface area contributed by atoms with Crippen LogP contribution in [0.1, 0.15) is 28.7 Å². The molecule has 0 amide bonds. The molecule has 2 heterocycles. The number of carbonyl (C=O) groups is 2. The Labute approximate surface area is 152 Å². The average Bonchev–Trinajstić information content (AvgIpc) is 2.94. The van der Waals surface area contributed by atoms with E-state index in [-0.39, 0.29) is 12.4 Å². The first-order chi connectivity index (χ1) is 12.5. The molecule has 0 saturated heterocycles. The Kier molecular flexibility index (Phi) is 5.11. The number of aryl methyl sites for hydroxylation is 1. The Morgan fingerprint density at radius 1 is 1.15 bits per heavy atom. The lowest BCUT2D eigenvalue weighted by Gasteiger charge is -2.20. The monoisotopic (exact) mass is 355 g/mol. The number of nitrogens with zero attached hydrogens (tertiary/aromatic N) is 1. The van der Waals surface area contributed by atoms with Crippen LogP contribution in [-0.2, 0) is 9.53 Å². The van der Waals surface area contributed by atoms with Gasteiger partial charge in [-0.2, -0.15) is 0 Å². The van der Waals surface area contributed by atoms with Crippen LogP contribution in [0.2, 0.25) is 0 Å². The highest BCUT2D eigenvalue weighted by Crippen LogP contribution is 2.33. The molecule has 0 saturated carbocycles. The number of benzene rings is 1. The molecular formula is C20H21NO5. The number of allylic oxidation sites excluding steroid dienone is 1. The van der Waals surface area contributed by atoms with Crippen LogP contribution in [-0.4, -0.2) is 36.1 Å². The highest BCUT2D eigenvalue weighted by Gasteiger charge is 2.19. The van der Waals surface area contributed by atoms with Crippen molar-refractivity contribution in [1.29, 1.82) is 0 Å². The molecule has 0 unspecified atom stereocenters. The zero-order valence-electron chi connectivity index (χ0n) is 15.1. The summed E-state index contributed by atoms with van der Waals surface area (Å²) in [6, 6.07) is 7.49. The summed E-state index contributed by atoms with van der Waals surface area (Å²) in [6.07, 6.45) is 2.85. The van der Waals surface area contributed by atoms with Gasteiger partial charge in [-0.25, -0.2) is 4.79 Å². The predicted molar refractivity (Wildman–Crippen MR) is 96.3 cm³/mol. The van der Waals surface area contributed by atoms with Gasteiger partial charge in [0.2, 0.25) is 5.78 Å². The van der Waals surface area contributed by atoms with Crippen LogP contribution >= 0.6 is 0 Å². The van der Waals surface area contributed by atoms with Crippen molar-refractivity contribution in [2.75, 3.05) is 19.8 Å². The number of rotatable bonds is 5. The quantitative estimate of drug-likeness (QED) is 0.468. The van der Waals surface area contributed by atoms with E-state index in [9.17, 15) is 9.59 Å². The molecule has 0 bridgehead atoms. The summed E-state index contributed by atoms with van der Waals surface area (Å²) in [5.41, 5.74) is 3.11. The zero-order valence-corrected chi connectivity index (χ0v) is 15.1. The molecule has 0 spiro atoms. The molecule has 6 nitrogen and oxygen atoms in total. The molecule has 1 aliphatic heterocycles. The first-order valence-corrected chi connectivity index (χ1v) is 8.43. The fraction of sp³-hybridized carbons (Fsp3) is 0.300. The largest absolute Gasteiger partial charge is 0.486 e. The standard InChI is InChI=1S/C20H21NO5/c1-4-5-20(23)26-12-17(22)16-10-13(2)21(14(16)3)15-6-7-18-19(11-15)25-9-8-24-18/h4-7,10-11H,8-9,12H2,1-3H3/b5-4+. The number of Topliss-reactive ketones (excluding diaryl/α,β-unsaturated/α-hetero) is 1. The minimum Gasteiger partial charge on any atom is -0.486 e. The van der Waals surface area contributed by atoms with Gasteiger partial charge in [0, 0.05) is 34.8 Å². The first kappa shape index (κ1) is 17.8. The molecule has 1 aromatic heterocycles. The van der Waals surface area contributed by atoms with Gasteiger partial charge < -0.3 is 18.8 Å². The molecule has 0 radical (unpaired) electrons. The Hall–Kier alpha value is -3.02. The smallest absolute Gasteiger partial charge is 0.330 e. The summed E-state index contributed by atoms with van der Waals surface area (Å²) in [5.74, 6) is 0.644. The summed E-state index contributed by atoms with van der Waals surface area (Å²) >= 11 is 0. The van der Waals surface area contributed by atoms with Gasteiger partial charge >= 0.3 is 5.97 Å². The van der Waals surface area contributed by atoms with Crippen molar-refractivity contribution < 1.29 is 23.8 Å². The number of carbonyl (C=O) groups excluding carboxylic acids is 2. The number of hydrogen-bond acceptors (Lipinski definition) is 5. The second-order valence-electron chi connectivity index (χ2n) is 5.98. The third-order valence-electron chi connectivity index (χ3n) is 4.16. The minimum atomic E-state index is -0.526. The van der Waals surface area contributed by atoms with E-state index in [2.05, 4.69) is 0 Å². The lowest BCUT2D eigenvalue weighted by Crippen LogP contribution is -2.16. The number of hydrogen-bond donors (Lipinski definition) is 0. The lowest BCUT2D eigenvalue weighted by molar-refractivity contribution is -0.136. The number of esters is 1. The molecule has 0 N–H and O–H groups in total. The van der Waals surface area contributed by atoms with E-state index >= 15 is 0 Å². The maximum Gasteiger partial charge on any atom is 0.330 e. The fourth-order valence-corrected chi connectivity index (χ4v) is 3.01. The van der Waals surface area contributed by atoms with E-state index in [4.69, 9.17) is 14.2 Å². The Balaban J connectivity index is 1.86. The van der Waals surface area contributed by atoms with Crippen LogP contribution in [0.3, 0.4) is 0 Å². The molecule has 0 aliphatic carbocycles. The molecule has 0 atom stereocenters. The Morgan fingerprint density at radius 2 is 1.88 bits per heavy atom. The van der Waals surface area contributed by atoms with E-state index in [1.807, 2.05) is 36.6 Å². The van der Waals surface area contributed by atoms with Crippen LogP contribution in [0.15, 0.2) is 36.4 Å². The van der Waals surface area contributed by atoms with Crippen LogP contribution in [0.25, 0.3) is 5.69 Å². The van der Waals surface area contributed by atoms with Crippen molar-refractivity contribution in [2.24, 2.45) is 0 Å². The summed E-state index contributed by atoms with van der Waals surface area (Å²) in [7, 11) is 0. The average molecular weight is 355 g/mol. The van der Waals surface area contributed by atoms with Crippen molar-refractivity contribution in [3.63, 3.8) is 0 Å². The number of ether oxygens (including phenoxy) is 3. The summed E-state index contributed by atoms with van der Waals surface area (Å²) in [4.78, 5) is 23.8. The van der Waals surface area contributed by atoms with Crippen LogP contribution in [0.5, 0.6) is 11.5 Å². The van der Waals surface area contributed by atoms with Crippen LogP contribution in [0.4, 0.5) is 0 Å². The molecule has 136 valence electrons. The fourth-order valence-electron chi connectivity index (χ4n) is 3.01. The van der Waals surface area contributed by atoms with Gasteiger partial charge in [-0.3, -0.25) is 4.79 Å². The zero-order chi connectivity index (χ0) is 18.7. The van der Waals surface area contributed by atoms with Crippen molar-refractivity contribution in [1.82, 2.24) is 4.57 Å². The van der Waals surface area contributed by atoms with E-state index < -0.39 is 5.97 Å². The van der Waals surface area contributed by atoms with Gasteiger partial charge in [0.1, 0.15) is 13.2 Å². The molecule has 1 aromatic carbocycles. The SMILES string of the molecule is C/C=C/C(=O)OCC(=O)c1cc(C)n(-c2ccc3c(c2)OCCO3)c1C. The van der Waals surface area contributed by atoms with Crippen molar-refractivity contribution in [3.8, 4) is 17.2 Å². The third kappa shape index (κ3) is 3.49. The summed E-state index contributed by atoms with van der Waals surface area (Å²) in [5, 5.41) is 0. The van der Waals surface area contributed by atoms with Gasteiger partial charge in [0.25, 0.3) is 0 Å². The highest BCUT2D eigenvalue weighted by molar-refractivity contribution is 6.00. The van der Waals surface area contributed by atoms with E-state index in [0.29, 0.717) is 24.5 Å². The maximum absolute atomic E-state index is 12.4. The van der Waals surface area contributed by atoms with E-state index in [0.717, 1.165) is 22.8 Å². The number of fused-ring (bicyclic) bond motifs is 1. The predicted octanol–water partition coefficient (Wildman–Crippen LogP) is 3.17. The highest BCUT2D eigenvalue weighted by atomic mass is 16.6. The van der Waals surface area contributed by atoms with Gasteiger partial charge in [0.15, 0.2) is 18.1 Å². The van der Waals surface area contributed by atoms with Gasteiger partial charge in [0.05, 0.1) is 0 Å². The van der Waals surface area contributed by atoms with Gasteiger partial charge in [-0.1, -0.05) is 6.08 Å². The van der Waals surface area contributed by atoms with Crippen molar-refractivity contribution >= 4 is 11.8 Å². The normalized spacial score (nSPS) is 13.0. The van der Waals surface area contributed by atoms with E-state index in [1.165, 1.54) is 6.08 Å². The van der Waals surface area contributed by atoms with Crippen molar-refractivity contribution in [2.45, 2.75) is 20.8 Å². The topological polar surface area (TPSA) is 66.8 Å². The molecule has 3 rings (SSSR count). The third-order valence-corrected chi connectivity index (χ3v) is 4.16. The molecule has 2 aromatic rings. The van der Waals surface area contributed by atoms with Gasteiger partial charge in [-0.15, -0.1) is 0 Å². The summed E-state index contributed by atoms with van der Waals surface area (Å²) < 4.78 is 18.1. The first-order valence-electron chi connectivity index (χ1n) is 8.43. The lowest BCUT2D eigenvalue weighted by atomic mass is 10.1. The minimum absolute atomic E-state index is 0.236. The Morgan fingerprint density at radius 3 is 2.62 bits per heavy atom. The van der Waals surface area contributed by atoms with Crippen LogP contribution < -0.4 is 9.47 Å². The summed E-state index contributed by atoms with van der Waals surface area (Å²) in [6.45, 7) is 6.27. The molecule has 1 aliphatic rings. The maximum atomic E-state index is 12.4. The van der Waals surface area contributed by atoms with Crippen molar-refractivity contribution in [3.05, 3.63) is 53.4 Å².